The molecule has 0 saturated carbocycles. The van der Waals surface area contributed by atoms with Crippen molar-refractivity contribution in [3.63, 3.8) is 0 Å². The molecule has 0 aromatic carbocycles. The maximum atomic E-state index is 12.0. The number of aliphatic carboxylic acids is 1. The molecule has 1 atom stereocenters. The molecule has 1 aromatic rings. The normalized spacial score (nSPS) is 13.9. The first kappa shape index (κ1) is 14.0. The minimum atomic E-state index is -2.94. The third kappa shape index (κ3) is 4.37. The second-order valence-corrected chi connectivity index (χ2v) is 6.78. The Hall–Kier alpha value is -1.05. The Kier molecular flexibility index (Phi) is 4.55. The maximum absolute atomic E-state index is 12.0. The van der Waals surface area contributed by atoms with Gasteiger partial charge in [-0.1, -0.05) is 11.6 Å². The van der Waals surface area contributed by atoms with Gasteiger partial charge in [0.2, 0.25) is 5.91 Å². The summed E-state index contributed by atoms with van der Waals surface area (Å²) in [4.78, 5) is 21.6. The Morgan fingerprint density at radius 2 is 2.18 bits per heavy atom. The van der Waals surface area contributed by atoms with Crippen molar-refractivity contribution in [2.75, 3.05) is 0 Å². The van der Waals surface area contributed by atoms with Gasteiger partial charge in [0.15, 0.2) is 0 Å². The zero-order valence-electron chi connectivity index (χ0n) is 8.64. The minimum Gasteiger partial charge on any atom is -0.481 e. The fourth-order valence-corrected chi connectivity index (χ4v) is 3.62. The highest BCUT2D eigenvalue weighted by molar-refractivity contribution is 8.00. The van der Waals surface area contributed by atoms with Crippen molar-refractivity contribution in [3.05, 3.63) is 16.5 Å². The molecule has 8 heteroatoms. The van der Waals surface area contributed by atoms with Gasteiger partial charge < -0.3 is 5.11 Å². The van der Waals surface area contributed by atoms with Crippen molar-refractivity contribution in [1.82, 2.24) is 4.72 Å². The second kappa shape index (κ2) is 5.52. The van der Waals surface area contributed by atoms with Gasteiger partial charge in [-0.2, -0.15) is 0 Å². The van der Waals surface area contributed by atoms with Crippen LogP contribution >= 0.6 is 22.9 Å². The summed E-state index contributed by atoms with van der Waals surface area (Å²) < 4.78 is 14.6. The van der Waals surface area contributed by atoms with E-state index in [-0.39, 0.29) is 12.8 Å². The number of thiophene rings is 1. The maximum Gasteiger partial charge on any atom is 0.303 e. The van der Waals surface area contributed by atoms with E-state index >= 15 is 0 Å². The van der Waals surface area contributed by atoms with E-state index in [1.54, 1.807) is 5.38 Å². The molecular weight excluding hydrogens is 286 g/mol. The second-order valence-electron chi connectivity index (χ2n) is 3.18. The summed E-state index contributed by atoms with van der Waals surface area (Å²) in [5, 5.41) is 10.4. The predicted octanol–water partition coefficient (Wildman–Crippen LogP) is 1.37. The summed E-state index contributed by atoms with van der Waals surface area (Å²) in [5.41, 5.74) is 0. The van der Waals surface area contributed by atoms with Gasteiger partial charge in [0.05, 0.1) is 21.2 Å². The largest absolute Gasteiger partial charge is 0.481 e. The van der Waals surface area contributed by atoms with Gasteiger partial charge in [0, 0.05) is 11.8 Å². The van der Waals surface area contributed by atoms with E-state index < -0.39 is 21.6 Å². The van der Waals surface area contributed by atoms with Crippen LogP contribution in [0, 0.1) is 0 Å². The van der Waals surface area contributed by atoms with Gasteiger partial charge in [-0.3, -0.25) is 14.3 Å². The highest BCUT2D eigenvalue weighted by Gasteiger charge is 2.14. The number of hydrogen-bond acceptors (Lipinski definition) is 4. The molecule has 94 valence electrons. The molecule has 0 aliphatic rings. The summed E-state index contributed by atoms with van der Waals surface area (Å²) >= 11 is 6.79. The number of carboxylic acids is 1. The Morgan fingerprint density at radius 1 is 1.53 bits per heavy atom. The summed E-state index contributed by atoms with van der Waals surface area (Å²) in [6.07, 6.45) is -0.548. The number of halogens is 1. The lowest BCUT2D eigenvalue weighted by atomic mass is 10.3. The van der Waals surface area contributed by atoms with Gasteiger partial charge in [-0.05, 0) is 11.9 Å². The van der Waals surface area contributed by atoms with E-state index in [4.69, 9.17) is 16.7 Å². The molecule has 0 fully saturated rings. The lowest BCUT2D eigenvalue weighted by Gasteiger charge is -2.08. The fourth-order valence-electron chi connectivity index (χ4n) is 0.974. The third-order valence-corrected chi connectivity index (χ3v) is 5.20. The molecule has 0 spiro atoms. The van der Waals surface area contributed by atoms with Gasteiger partial charge >= 0.3 is 5.97 Å². The summed E-state index contributed by atoms with van der Waals surface area (Å²) in [7, 11) is -2.94. The van der Waals surface area contributed by atoms with E-state index in [1.165, 1.54) is 6.07 Å². The topological polar surface area (TPSA) is 83.5 Å². The van der Waals surface area contributed by atoms with Crippen molar-refractivity contribution < 1.29 is 18.9 Å². The van der Waals surface area contributed by atoms with Gasteiger partial charge in [0.1, 0.15) is 4.21 Å². The zero-order chi connectivity index (χ0) is 13.1. The molecule has 5 nitrogen and oxygen atoms in total. The van der Waals surface area contributed by atoms with Crippen molar-refractivity contribution in [1.29, 1.82) is 0 Å². The van der Waals surface area contributed by atoms with E-state index in [1.807, 2.05) is 0 Å². The molecule has 17 heavy (non-hydrogen) atoms. The molecule has 0 radical (unpaired) electrons. The van der Waals surface area contributed by atoms with Crippen LogP contribution in [0.3, 0.4) is 0 Å². The molecule has 0 aliphatic carbocycles. The van der Waals surface area contributed by atoms with Crippen LogP contribution in [0.5, 0.6) is 0 Å². The Balaban J connectivity index is 2.67. The number of nitrogens with one attached hydrogen (secondary N) is 1. The molecule has 1 heterocycles. The standard InChI is InChI=1S/C9H10ClNO4S2/c1-17(15,9-4-6(10)5-16-9)11-7(12)2-3-8(13)14/h4-5H,1-3H2,(H,13,14)(H,11,12,15). The Bertz CT molecular complexity index is 535. The van der Waals surface area contributed by atoms with Gasteiger partial charge in [0.25, 0.3) is 0 Å². The van der Waals surface area contributed by atoms with Crippen molar-refractivity contribution in [2.45, 2.75) is 17.1 Å². The zero-order valence-corrected chi connectivity index (χ0v) is 11.0. The molecule has 1 rings (SSSR count). The fraction of sp³-hybridized carbons (Fsp3) is 0.222. The van der Waals surface area contributed by atoms with Gasteiger partial charge in [-0.25, -0.2) is 4.21 Å². The van der Waals surface area contributed by atoms with E-state index in [2.05, 4.69) is 10.6 Å². The lowest BCUT2D eigenvalue weighted by Crippen LogP contribution is -2.30. The smallest absolute Gasteiger partial charge is 0.303 e. The molecule has 1 aromatic heterocycles. The first-order valence-electron chi connectivity index (χ1n) is 4.45. The molecule has 2 N–H and O–H groups in total. The monoisotopic (exact) mass is 295 g/mol. The number of amides is 1. The van der Waals surface area contributed by atoms with Crippen LogP contribution in [0.4, 0.5) is 0 Å². The number of rotatable bonds is 5. The van der Waals surface area contributed by atoms with E-state index in [0.717, 1.165) is 11.3 Å². The SMILES string of the molecule is C=S(=O)(NC(=O)CCC(=O)O)c1cc(Cl)cs1. The first-order valence-corrected chi connectivity index (χ1v) is 7.43. The van der Waals surface area contributed by atoms with Crippen LogP contribution in [-0.2, 0) is 19.3 Å². The average Bonchev–Trinajstić information content (AvgIpc) is 2.62. The average molecular weight is 296 g/mol. The number of hydrogen-bond donors (Lipinski definition) is 2. The first-order chi connectivity index (χ1) is 7.81. The Labute approximate surface area is 108 Å². The van der Waals surface area contributed by atoms with Crippen LogP contribution in [0.15, 0.2) is 15.7 Å². The summed E-state index contributed by atoms with van der Waals surface area (Å²) in [6.45, 7) is 0. The van der Waals surface area contributed by atoms with Crippen LogP contribution in [0.1, 0.15) is 12.8 Å². The summed E-state index contributed by atoms with van der Waals surface area (Å²) in [6, 6.07) is 1.46. The number of carboxylic acid groups (broad SMARTS) is 1. The van der Waals surface area contributed by atoms with Crippen molar-refractivity contribution in [3.8, 4) is 0 Å². The highest BCUT2D eigenvalue weighted by Crippen LogP contribution is 2.23. The highest BCUT2D eigenvalue weighted by atomic mass is 35.5. The number of carbonyl (C=O) groups excluding carboxylic acids is 1. The molecule has 0 bridgehead atoms. The molecular formula is C9H10ClNO4S2. The van der Waals surface area contributed by atoms with E-state index in [0.29, 0.717) is 9.23 Å². The van der Waals surface area contributed by atoms with Crippen molar-refractivity contribution >= 4 is 50.4 Å². The van der Waals surface area contributed by atoms with Gasteiger partial charge in [-0.15, -0.1) is 11.3 Å². The van der Waals surface area contributed by atoms with Crippen LogP contribution in [0.2, 0.25) is 5.02 Å². The minimum absolute atomic E-state index is 0.235. The van der Waals surface area contributed by atoms with Crippen LogP contribution in [-0.4, -0.2) is 27.1 Å². The summed E-state index contributed by atoms with van der Waals surface area (Å²) in [5.74, 6) is 1.72. The quantitative estimate of drug-likeness (QED) is 0.804. The van der Waals surface area contributed by atoms with Crippen molar-refractivity contribution in [2.24, 2.45) is 0 Å². The molecule has 0 aliphatic heterocycles. The molecule has 1 amide bonds. The third-order valence-electron chi connectivity index (χ3n) is 1.71. The number of carbonyl (C=O) groups is 2. The lowest BCUT2D eigenvalue weighted by molar-refractivity contribution is -0.138. The molecule has 0 saturated heterocycles. The van der Waals surface area contributed by atoms with Crippen LogP contribution in [0.25, 0.3) is 0 Å². The molecule has 1 unspecified atom stereocenters. The Morgan fingerprint density at radius 3 is 2.65 bits per heavy atom. The van der Waals surface area contributed by atoms with Crippen LogP contribution < -0.4 is 4.72 Å². The predicted molar refractivity (Wildman–Crippen MR) is 67.9 cm³/mol. The van der Waals surface area contributed by atoms with E-state index in [9.17, 15) is 13.8 Å².